The van der Waals surface area contributed by atoms with Crippen LogP contribution in [0, 0.1) is 5.92 Å². The number of aromatic amines is 1. The van der Waals surface area contributed by atoms with Crippen molar-refractivity contribution in [2.24, 2.45) is 11.0 Å². The highest BCUT2D eigenvalue weighted by molar-refractivity contribution is 6.02. The van der Waals surface area contributed by atoms with Gasteiger partial charge >= 0.3 is 0 Å². The number of hydrogen-bond acceptors (Lipinski definition) is 6. The summed E-state index contributed by atoms with van der Waals surface area (Å²) in [4.78, 5) is 32.3. The zero-order valence-corrected chi connectivity index (χ0v) is 19.4. The number of halogens is 1. The second-order valence-corrected chi connectivity index (χ2v) is 7.98. The van der Waals surface area contributed by atoms with E-state index in [-0.39, 0.29) is 35.7 Å². The van der Waals surface area contributed by atoms with Gasteiger partial charge in [0, 0.05) is 24.0 Å². The van der Waals surface area contributed by atoms with Crippen molar-refractivity contribution in [2.45, 2.75) is 25.8 Å². The Balaban J connectivity index is 1.50. The number of alkyl halides is 1. The molecule has 2 heterocycles. The Bertz CT molecular complexity index is 1200. The molecule has 182 valence electrons. The van der Waals surface area contributed by atoms with Crippen molar-refractivity contribution >= 4 is 23.7 Å². The normalized spacial score (nSPS) is 17.3. The number of benzene rings is 2. The molecule has 2 aromatic carbocycles. The molecule has 2 unspecified atom stereocenters. The standard InChI is InChI=1S/C25H26FN5O4/c1-3-17-11-29-31(25(33)23(17)18-6-9-21(34-2)22(10-18)35-14-26)13-16-4-7-19(8-5-16)30-24(32)20-12-27-15-28-20/h4-12,15,17,23H,3,13-14H2,1-2H3,(H,27,28)(H,30,32). The minimum atomic E-state index is -0.999. The molecule has 0 saturated heterocycles. The van der Waals surface area contributed by atoms with Gasteiger partial charge in [-0.2, -0.15) is 5.10 Å². The summed E-state index contributed by atoms with van der Waals surface area (Å²) in [6, 6.07) is 12.3. The molecule has 0 radical (unpaired) electrons. The number of carbonyl (C=O) groups excluding carboxylic acids is 2. The van der Waals surface area contributed by atoms with Gasteiger partial charge in [-0.25, -0.2) is 14.4 Å². The van der Waals surface area contributed by atoms with Crippen molar-refractivity contribution in [2.75, 3.05) is 19.3 Å². The first-order chi connectivity index (χ1) is 17.0. The molecule has 0 spiro atoms. The van der Waals surface area contributed by atoms with Crippen LogP contribution in [0.1, 0.15) is 40.9 Å². The van der Waals surface area contributed by atoms with E-state index in [1.165, 1.54) is 24.6 Å². The van der Waals surface area contributed by atoms with Crippen LogP contribution < -0.4 is 14.8 Å². The molecule has 2 N–H and O–H groups in total. The molecule has 0 saturated carbocycles. The molecule has 2 atom stereocenters. The van der Waals surface area contributed by atoms with E-state index in [1.54, 1.807) is 36.5 Å². The predicted molar refractivity (Wildman–Crippen MR) is 128 cm³/mol. The molecule has 35 heavy (non-hydrogen) atoms. The first-order valence-corrected chi connectivity index (χ1v) is 11.1. The number of H-pyrrole nitrogens is 1. The highest BCUT2D eigenvalue weighted by Gasteiger charge is 2.35. The van der Waals surface area contributed by atoms with Gasteiger partial charge in [0.15, 0.2) is 11.5 Å². The fraction of sp³-hybridized carbons (Fsp3) is 0.280. The number of carbonyl (C=O) groups is 2. The third-order valence-corrected chi connectivity index (χ3v) is 5.85. The van der Waals surface area contributed by atoms with E-state index >= 15 is 0 Å². The van der Waals surface area contributed by atoms with Gasteiger partial charge in [-0.15, -0.1) is 0 Å². The Kier molecular flexibility index (Phi) is 7.39. The molecule has 4 rings (SSSR count). The Morgan fingerprint density at radius 3 is 2.66 bits per heavy atom. The van der Waals surface area contributed by atoms with E-state index in [0.717, 1.165) is 5.56 Å². The van der Waals surface area contributed by atoms with Crippen molar-refractivity contribution in [3.8, 4) is 11.5 Å². The molecule has 9 nitrogen and oxygen atoms in total. The number of hydrogen-bond donors (Lipinski definition) is 2. The zero-order valence-electron chi connectivity index (χ0n) is 19.4. The molecule has 2 amide bonds. The predicted octanol–water partition coefficient (Wildman–Crippen LogP) is 4.11. The van der Waals surface area contributed by atoms with Crippen molar-refractivity contribution in [1.82, 2.24) is 15.0 Å². The average molecular weight is 480 g/mol. The summed E-state index contributed by atoms with van der Waals surface area (Å²) in [7, 11) is 1.48. The second-order valence-electron chi connectivity index (χ2n) is 7.98. The topological polar surface area (TPSA) is 109 Å². The van der Waals surface area contributed by atoms with Crippen LogP contribution in [0.3, 0.4) is 0 Å². The van der Waals surface area contributed by atoms with Gasteiger partial charge < -0.3 is 19.8 Å². The lowest BCUT2D eigenvalue weighted by molar-refractivity contribution is -0.135. The molecule has 1 aromatic heterocycles. The quantitative estimate of drug-likeness (QED) is 0.480. The summed E-state index contributed by atoms with van der Waals surface area (Å²) in [5, 5.41) is 8.59. The Morgan fingerprint density at radius 1 is 1.20 bits per heavy atom. The first-order valence-electron chi connectivity index (χ1n) is 11.1. The van der Waals surface area contributed by atoms with E-state index in [4.69, 9.17) is 9.47 Å². The zero-order chi connectivity index (χ0) is 24.8. The summed E-state index contributed by atoms with van der Waals surface area (Å²) in [5.74, 6) is -0.433. The maximum Gasteiger partial charge on any atom is 0.275 e. The largest absolute Gasteiger partial charge is 0.493 e. The molecule has 1 aliphatic heterocycles. The molecule has 0 aliphatic carbocycles. The number of amides is 2. The smallest absolute Gasteiger partial charge is 0.275 e. The van der Waals surface area contributed by atoms with Crippen molar-refractivity contribution < 1.29 is 23.5 Å². The van der Waals surface area contributed by atoms with Crippen LogP contribution in [0.4, 0.5) is 10.1 Å². The van der Waals surface area contributed by atoms with Crippen LogP contribution in [0.15, 0.2) is 60.1 Å². The minimum absolute atomic E-state index is 0.106. The van der Waals surface area contributed by atoms with Gasteiger partial charge in [-0.1, -0.05) is 25.1 Å². The third kappa shape index (κ3) is 5.32. The number of nitrogens with zero attached hydrogens (tertiary/aromatic N) is 3. The van der Waals surface area contributed by atoms with Gasteiger partial charge in [0.25, 0.3) is 11.8 Å². The Hall–Kier alpha value is -4.21. The van der Waals surface area contributed by atoms with Crippen molar-refractivity contribution in [1.29, 1.82) is 0 Å². The van der Waals surface area contributed by atoms with Crippen LogP contribution in [0.25, 0.3) is 0 Å². The van der Waals surface area contributed by atoms with Crippen LogP contribution >= 0.6 is 0 Å². The molecular formula is C25H26FN5O4. The van der Waals surface area contributed by atoms with Gasteiger partial charge in [0.1, 0.15) is 5.69 Å². The number of ether oxygens (including phenoxy) is 2. The van der Waals surface area contributed by atoms with Crippen molar-refractivity contribution in [3.63, 3.8) is 0 Å². The van der Waals surface area contributed by atoms with Crippen molar-refractivity contribution in [3.05, 3.63) is 71.8 Å². The number of anilines is 1. The maximum absolute atomic E-state index is 13.5. The Labute approximate surface area is 202 Å². The number of imidazole rings is 1. The first kappa shape index (κ1) is 23.9. The highest BCUT2D eigenvalue weighted by Crippen LogP contribution is 2.37. The van der Waals surface area contributed by atoms with Crippen LogP contribution in [-0.2, 0) is 11.3 Å². The number of methoxy groups -OCH3 is 1. The summed E-state index contributed by atoms with van der Waals surface area (Å²) >= 11 is 0. The van der Waals surface area contributed by atoms with E-state index in [0.29, 0.717) is 23.4 Å². The number of rotatable bonds is 9. The summed E-state index contributed by atoms with van der Waals surface area (Å²) in [6.07, 6.45) is 5.44. The van der Waals surface area contributed by atoms with Gasteiger partial charge in [-0.3, -0.25) is 9.59 Å². The average Bonchev–Trinajstić information content (AvgIpc) is 3.42. The SMILES string of the molecule is CCC1C=NN(Cc2ccc(NC(=O)c3c[nH]cn3)cc2)C(=O)C1c1ccc(OC)c(OCF)c1. The Morgan fingerprint density at radius 2 is 2.00 bits per heavy atom. The molecule has 10 heteroatoms. The highest BCUT2D eigenvalue weighted by atomic mass is 19.1. The van der Waals surface area contributed by atoms with E-state index in [1.807, 2.05) is 19.1 Å². The van der Waals surface area contributed by atoms with Gasteiger partial charge in [0.05, 0.1) is 25.9 Å². The molecule has 3 aromatic rings. The van der Waals surface area contributed by atoms with E-state index in [9.17, 15) is 14.0 Å². The van der Waals surface area contributed by atoms with Crippen LogP contribution in [-0.4, -0.2) is 47.0 Å². The molecule has 0 fully saturated rings. The maximum atomic E-state index is 13.5. The fourth-order valence-corrected chi connectivity index (χ4v) is 4.01. The summed E-state index contributed by atoms with van der Waals surface area (Å²) in [5.41, 5.74) is 2.45. The lowest BCUT2D eigenvalue weighted by atomic mass is 9.83. The van der Waals surface area contributed by atoms with Gasteiger partial charge in [-0.05, 0) is 41.8 Å². The van der Waals surface area contributed by atoms with Crippen LogP contribution in [0.5, 0.6) is 11.5 Å². The number of nitrogens with one attached hydrogen (secondary N) is 2. The number of aromatic nitrogens is 2. The molecule has 1 aliphatic rings. The minimum Gasteiger partial charge on any atom is -0.493 e. The fourth-order valence-electron chi connectivity index (χ4n) is 4.01. The number of hydrazone groups is 1. The van der Waals surface area contributed by atoms with Crippen LogP contribution in [0.2, 0.25) is 0 Å². The summed E-state index contributed by atoms with van der Waals surface area (Å²) < 4.78 is 23.2. The summed E-state index contributed by atoms with van der Waals surface area (Å²) in [6.45, 7) is 1.26. The van der Waals surface area contributed by atoms with E-state index < -0.39 is 12.8 Å². The van der Waals surface area contributed by atoms with Gasteiger partial charge in [0.2, 0.25) is 6.86 Å². The molecular weight excluding hydrogens is 453 g/mol. The lowest BCUT2D eigenvalue weighted by Crippen LogP contribution is -2.39. The monoisotopic (exact) mass is 479 g/mol. The third-order valence-electron chi connectivity index (χ3n) is 5.85. The molecule has 0 bridgehead atoms. The van der Waals surface area contributed by atoms with E-state index in [2.05, 4.69) is 20.4 Å². The second kappa shape index (κ2) is 10.8. The lowest BCUT2D eigenvalue weighted by Gasteiger charge is -2.32.